The van der Waals surface area contributed by atoms with Gasteiger partial charge >= 0.3 is 0 Å². The summed E-state index contributed by atoms with van der Waals surface area (Å²) in [6, 6.07) is 9.57. The number of phenolic OH excluding ortho intramolecular Hbond substituents is 1. The average molecular weight is 565 g/mol. The monoisotopic (exact) mass is 564 g/mol. The molecule has 1 aliphatic heterocycles. The first-order valence-corrected chi connectivity index (χ1v) is 13.5. The van der Waals surface area contributed by atoms with Crippen molar-refractivity contribution in [1.82, 2.24) is 20.9 Å². The maximum atomic E-state index is 14.0. The lowest BCUT2D eigenvalue weighted by Crippen LogP contribution is -2.61. The number of rotatable bonds is 12. The third kappa shape index (κ3) is 8.23. The molecule has 11 heteroatoms. The maximum Gasteiger partial charge on any atom is 0.246 e. The molecule has 0 spiro atoms. The van der Waals surface area contributed by atoms with E-state index in [-0.39, 0.29) is 37.5 Å². The number of carbonyl (C=O) groups is 6. The second-order valence-electron chi connectivity index (χ2n) is 10.5. The van der Waals surface area contributed by atoms with E-state index in [1.165, 1.54) is 24.0 Å². The fourth-order valence-electron chi connectivity index (χ4n) is 4.79. The SMILES string of the molecule is CC(=O)N[C@@H](Cc1ccc(O)cc1)C(=O)N[C@H](C(=O)N1Cc2ccccc2C[C@H]1C(=O)N[C@H](C=O)CC=O)C(C)C. The molecule has 0 aliphatic carbocycles. The highest BCUT2D eigenvalue weighted by Gasteiger charge is 2.40. The van der Waals surface area contributed by atoms with E-state index in [2.05, 4.69) is 16.0 Å². The van der Waals surface area contributed by atoms with Gasteiger partial charge in [0.15, 0.2) is 0 Å². The Balaban J connectivity index is 1.87. The number of nitrogens with zero attached hydrogens (tertiary/aromatic N) is 1. The van der Waals surface area contributed by atoms with E-state index in [1.807, 2.05) is 24.3 Å². The third-order valence-corrected chi connectivity index (χ3v) is 6.98. The Morgan fingerprint density at radius 2 is 1.63 bits per heavy atom. The Hall–Kier alpha value is -4.54. The van der Waals surface area contributed by atoms with Crippen molar-refractivity contribution in [3.8, 4) is 5.75 Å². The quantitative estimate of drug-likeness (QED) is 0.277. The van der Waals surface area contributed by atoms with Crippen LogP contribution in [0, 0.1) is 5.92 Å². The molecule has 4 amide bonds. The summed E-state index contributed by atoms with van der Waals surface area (Å²) >= 11 is 0. The Morgan fingerprint density at radius 1 is 0.976 bits per heavy atom. The van der Waals surface area contributed by atoms with Crippen molar-refractivity contribution in [2.24, 2.45) is 5.92 Å². The molecule has 41 heavy (non-hydrogen) atoms. The number of nitrogens with one attached hydrogen (secondary N) is 3. The summed E-state index contributed by atoms with van der Waals surface area (Å²) in [6.45, 7) is 4.91. The van der Waals surface area contributed by atoms with E-state index in [1.54, 1.807) is 26.0 Å². The van der Waals surface area contributed by atoms with Crippen molar-refractivity contribution >= 4 is 36.2 Å². The molecule has 0 fully saturated rings. The Bertz CT molecular complexity index is 1280. The van der Waals surface area contributed by atoms with Gasteiger partial charge in [0.05, 0.1) is 6.04 Å². The van der Waals surface area contributed by atoms with Crippen LogP contribution in [-0.4, -0.2) is 70.4 Å². The molecule has 0 saturated heterocycles. The van der Waals surface area contributed by atoms with Crippen molar-refractivity contribution in [2.75, 3.05) is 0 Å². The zero-order valence-corrected chi connectivity index (χ0v) is 23.3. The molecule has 2 aromatic carbocycles. The van der Waals surface area contributed by atoms with Crippen molar-refractivity contribution in [1.29, 1.82) is 0 Å². The van der Waals surface area contributed by atoms with E-state index in [9.17, 15) is 33.9 Å². The van der Waals surface area contributed by atoms with Crippen LogP contribution >= 0.6 is 0 Å². The fourth-order valence-corrected chi connectivity index (χ4v) is 4.79. The van der Waals surface area contributed by atoms with Gasteiger partial charge in [-0.25, -0.2) is 0 Å². The van der Waals surface area contributed by atoms with Gasteiger partial charge in [0.25, 0.3) is 0 Å². The summed E-state index contributed by atoms with van der Waals surface area (Å²) in [6.07, 6.45) is 1.13. The molecule has 4 N–H and O–H groups in total. The van der Waals surface area contributed by atoms with Crippen molar-refractivity contribution in [3.63, 3.8) is 0 Å². The van der Waals surface area contributed by atoms with Gasteiger partial charge in [-0.2, -0.15) is 0 Å². The van der Waals surface area contributed by atoms with Gasteiger partial charge in [0, 0.05) is 32.7 Å². The normalized spacial score (nSPS) is 16.5. The first-order chi connectivity index (χ1) is 19.5. The molecule has 0 saturated carbocycles. The van der Waals surface area contributed by atoms with Gasteiger partial charge in [0.2, 0.25) is 23.6 Å². The molecule has 4 atom stereocenters. The Labute approximate surface area is 238 Å². The summed E-state index contributed by atoms with van der Waals surface area (Å²) in [7, 11) is 0. The lowest BCUT2D eigenvalue weighted by Gasteiger charge is -2.39. The second kappa shape index (κ2) is 14.2. The van der Waals surface area contributed by atoms with E-state index >= 15 is 0 Å². The highest BCUT2D eigenvalue weighted by atomic mass is 16.3. The highest BCUT2D eigenvalue weighted by Crippen LogP contribution is 2.25. The number of fused-ring (bicyclic) bond motifs is 1. The van der Waals surface area contributed by atoms with E-state index in [0.717, 1.165) is 11.1 Å². The number of benzene rings is 2. The van der Waals surface area contributed by atoms with Gasteiger partial charge in [-0.3, -0.25) is 19.2 Å². The Kier molecular flexibility index (Phi) is 10.7. The summed E-state index contributed by atoms with van der Waals surface area (Å²) in [5.41, 5.74) is 2.41. The molecule has 1 heterocycles. The van der Waals surface area contributed by atoms with Gasteiger partial charge in [0.1, 0.15) is 36.4 Å². The minimum Gasteiger partial charge on any atom is -0.508 e. The van der Waals surface area contributed by atoms with E-state index < -0.39 is 47.8 Å². The van der Waals surface area contributed by atoms with E-state index in [0.29, 0.717) is 18.1 Å². The Morgan fingerprint density at radius 3 is 2.22 bits per heavy atom. The van der Waals surface area contributed by atoms with Crippen LogP contribution in [0.25, 0.3) is 0 Å². The minimum atomic E-state index is -1.03. The molecule has 0 aromatic heterocycles. The molecule has 0 unspecified atom stereocenters. The summed E-state index contributed by atoms with van der Waals surface area (Å²) in [5.74, 6) is -2.40. The van der Waals surface area contributed by atoms with Crippen LogP contribution in [0.2, 0.25) is 0 Å². The molecule has 0 bridgehead atoms. The van der Waals surface area contributed by atoms with Gasteiger partial charge in [-0.05, 0) is 34.7 Å². The second-order valence-corrected chi connectivity index (χ2v) is 10.5. The van der Waals surface area contributed by atoms with Crippen LogP contribution < -0.4 is 16.0 Å². The van der Waals surface area contributed by atoms with Crippen molar-refractivity contribution in [3.05, 3.63) is 65.2 Å². The largest absolute Gasteiger partial charge is 0.508 e. The molecule has 2 aromatic rings. The zero-order valence-electron chi connectivity index (χ0n) is 23.3. The van der Waals surface area contributed by atoms with Crippen LogP contribution in [0.3, 0.4) is 0 Å². The average Bonchev–Trinajstić information content (AvgIpc) is 2.94. The van der Waals surface area contributed by atoms with Crippen LogP contribution in [0.5, 0.6) is 5.75 Å². The van der Waals surface area contributed by atoms with Crippen LogP contribution in [0.4, 0.5) is 0 Å². The first kappa shape index (κ1) is 31.0. The van der Waals surface area contributed by atoms with E-state index in [4.69, 9.17) is 0 Å². The highest BCUT2D eigenvalue weighted by molar-refractivity contribution is 5.95. The van der Waals surface area contributed by atoms with Gasteiger partial charge in [-0.1, -0.05) is 50.2 Å². The molecule has 1 aliphatic rings. The predicted molar refractivity (Wildman–Crippen MR) is 149 cm³/mol. The van der Waals surface area contributed by atoms with Crippen LogP contribution in [0.1, 0.15) is 43.9 Å². The standard InChI is InChI=1S/C30H36N4O7/c1-18(2)27(33-28(39)25(31-19(3)37)14-20-8-10-24(38)11-9-20)30(41)34-16-22-7-5-4-6-21(22)15-26(34)29(40)32-23(17-36)12-13-35/h4-11,13,17-18,23,25-27,38H,12,14-16H2,1-3H3,(H,31,37)(H,32,40)(H,33,39)/t23-,25-,26-,27-/m0/s1. The number of hydrogen-bond donors (Lipinski definition) is 4. The lowest BCUT2D eigenvalue weighted by molar-refractivity contribution is -0.146. The number of phenols is 1. The number of aldehydes is 2. The molecular formula is C30H36N4O7. The first-order valence-electron chi connectivity index (χ1n) is 13.5. The molecule has 11 nitrogen and oxygen atoms in total. The molecular weight excluding hydrogens is 528 g/mol. The number of aromatic hydroxyl groups is 1. The predicted octanol–water partition coefficient (Wildman–Crippen LogP) is 0.806. The van der Waals surface area contributed by atoms with Crippen LogP contribution in [0.15, 0.2) is 48.5 Å². The molecule has 0 radical (unpaired) electrons. The lowest BCUT2D eigenvalue weighted by atomic mass is 9.91. The third-order valence-electron chi connectivity index (χ3n) is 6.98. The summed E-state index contributed by atoms with van der Waals surface area (Å²) < 4.78 is 0. The number of hydrogen-bond acceptors (Lipinski definition) is 7. The van der Waals surface area contributed by atoms with Crippen LogP contribution in [-0.2, 0) is 48.2 Å². The topological polar surface area (TPSA) is 162 Å². The minimum absolute atomic E-state index is 0.0621. The summed E-state index contributed by atoms with van der Waals surface area (Å²) in [5, 5.41) is 17.5. The molecule has 218 valence electrons. The van der Waals surface area contributed by atoms with Gasteiger partial charge in [-0.15, -0.1) is 0 Å². The summed E-state index contributed by atoms with van der Waals surface area (Å²) in [4.78, 5) is 76.4. The smallest absolute Gasteiger partial charge is 0.246 e. The maximum absolute atomic E-state index is 14.0. The zero-order chi connectivity index (χ0) is 30.1. The van der Waals surface area contributed by atoms with Gasteiger partial charge < -0.3 is 35.5 Å². The number of amides is 4. The van der Waals surface area contributed by atoms with Crippen molar-refractivity contribution < 1.29 is 33.9 Å². The fraction of sp³-hybridized carbons (Fsp3) is 0.400. The molecule has 3 rings (SSSR count). The number of carbonyl (C=O) groups excluding carboxylic acids is 6. The van der Waals surface area contributed by atoms with Crippen molar-refractivity contribution in [2.45, 2.75) is 70.7 Å².